The maximum absolute atomic E-state index is 6.08. The molecule has 2 spiro atoms. The van der Waals surface area contributed by atoms with Gasteiger partial charge in [0.05, 0.1) is 11.7 Å². The van der Waals surface area contributed by atoms with Crippen molar-refractivity contribution in [2.75, 3.05) is 0 Å². The predicted octanol–water partition coefficient (Wildman–Crippen LogP) is 3.13. The van der Waals surface area contributed by atoms with E-state index in [1.165, 1.54) is 32.1 Å². The van der Waals surface area contributed by atoms with Crippen LogP contribution >= 0.6 is 0 Å². The number of rotatable bonds is 1. The lowest BCUT2D eigenvalue weighted by Crippen LogP contribution is -2.35. The van der Waals surface area contributed by atoms with E-state index in [0.717, 1.165) is 5.41 Å². The topological polar surface area (TPSA) is 9.23 Å². The standard InChI is InChI=1S/C12H20O/c1-10(2,3)13-9-8-12(9)7-6-11(12)4-5-11/h9H,4-8H2,1-3H3/t9-,12+/m0/s1. The van der Waals surface area contributed by atoms with Gasteiger partial charge in [-0.2, -0.15) is 0 Å². The predicted molar refractivity (Wildman–Crippen MR) is 52.6 cm³/mol. The molecule has 3 saturated carbocycles. The van der Waals surface area contributed by atoms with Gasteiger partial charge in [-0.05, 0) is 58.3 Å². The molecule has 3 fully saturated rings. The van der Waals surface area contributed by atoms with Crippen LogP contribution in [0.2, 0.25) is 0 Å². The Morgan fingerprint density at radius 1 is 1.08 bits per heavy atom. The molecule has 0 aliphatic heterocycles. The van der Waals surface area contributed by atoms with Crippen LogP contribution in [0.5, 0.6) is 0 Å². The summed E-state index contributed by atoms with van der Waals surface area (Å²) < 4.78 is 6.08. The highest BCUT2D eigenvalue weighted by Crippen LogP contribution is 2.82. The van der Waals surface area contributed by atoms with Crippen LogP contribution in [0.1, 0.15) is 52.9 Å². The summed E-state index contributed by atoms with van der Waals surface area (Å²) in [6.45, 7) is 6.53. The van der Waals surface area contributed by atoms with Crippen LogP contribution < -0.4 is 0 Å². The highest BCUT2D eigenvalue weighted by Gasteiger charge is 2.77. The van der Waals surface area contributed by atoms with Crippen molar-refractivity contribution in [1.29, 1.82) is 0 Å². The van der Waals surface area contributed by atoms with Crippen molar-refractivity contribution in [2.45, 2.75) is 64.6 Å². The molecule has 1 heteroatoms. The van der Waals surface area contributed by atoms with Crippen molar-refractivity contribution in [1.82, 2.24) is 0 Å². The summed E-state index contributed by atoms with van der Waals surface area (Å²) in [7, 11) is 0. The van der Waals surface area contributed by atoms with Crippen molar-refractivity contribution in [3.05, 3.63) is 0 Å². The SMILES string of the molecule is CC(C)(C)O[C@H]1C[C@]12CCC21CC1. The third-order valence-corrected chi connectivity index (χ3v) is 4.46. The Hall–Kier alpha value is -0.0400. The molecule has 3 rings (SSSR count). The van der Waals surface area contributed by atoms with E-state index >= 15 is 0 Å². The minimum Gasteiger partial charge on any atom is -0.372 e. The van der Waals surface area contributed by atoms with E-state index in [4.69, 9.17) is 4.74 Å². The highest BCUT2D eigenvalue weighted by molar-refractivity contribution is 5.26. The van der Waals surface area contributed by atoms with E-state index in [1.54, 1.807) is 0 Å². The molecule has 2 atom stereocenters. The molecule has 0 saturated heterocycles. The average Bonchev–Trinajstić information content (AvgIpc) is 2.75. The third kappa shape index (κ3) is 0.971. The molecule has 0 aromatic rings. The van der Waals surface area contributed by atoms with Gasteiger partial charge in [-0.1, -0.05) is 0 Å². The van der Waals surface area contributed by atoms with Gasteiger partial charge in [0.25, 0.3) is 0 Å². The zero-order valence-corrected chi connectivity index (χ0v) is 9.02. The van der Waals surface area contributed by atoms with Crippen LogP contribution in [0.15, 0.2) is 0 Å². The fourth-order valence-electron chi connectivity index (χ4n) is 3.37. The number of hydrogen-bond donors (Lipinski definition) is 0. The third-order valence-electron chi connectivity index (χ3n) is 4.46. The molecular formula is C12H20O. The smallest absolute Gasteiger partial charge is 0.0651 e. The van der Waals surface area contributed by atoms with E-state index in [0.29, 0.717) is 11.5 Å². The number of ether oxygens (including phenoxy) is 1. The van der Waals surface area contributed by atoms with Crippen LogP contribution in [0, 0.1) is 10.8 Å². The summed E-state index contributed by atoms with van der Waals surface area (Å²) in [5.74, 6) is 0. The Morgan fingerprint density at radius 2 is 1.69 bits per heavy atom. The number of fused-ring (bicyclic) bond motifs is 1. The Morgan fingerprint density at radius 3 is 2.08 bits per heavy atom. The molecule has 74 valence electrons. The molecule has 0 radical (unpaired) electrons. The Kier molecular flexibility index (Phi) is 1.26. The van der Waals surface area contributed by atoms with Crippen LogP contribution in [0.25, 0.3) is 0 Å². The second-order valence-corrected chi connectivity index (χ2v) is 6.36. The van der Waals surface area contributed by atoms with Crippen molar-refractivity contribution in [3.8, 4) is 0 Å². The first kappa shape index (κ1) is 8.28. The molecule has 0 unspecified atom stereocenters. The molecule has 3 aliphatic carbocycles. The summed E-state index contributed by atoms with van der Waals surface area (Å²) in [6, 6.07) is 0. The molecule has 0 N–H and O–H groups in total. The molecular weight excluding hydrogens is 160 g/mol. The van der Waals surface area contributed by atoms with E-state index < -0.39 is 0 Å². The van der Waals surface area contributed by atoms with E-state index in [1.807, 2.05) is 0 Å². The molecule has 3 aliphatic rings. The van der Waals surface area contributed by atoms with Gasteiger partial charge in [-0.15, -0.1) is 0 Å². The van der Waals surface area contributed by atoms with E-state index in [9.17, 15) is 0 Å². The van der Waals surface area contributed by atoms with Gasteiger partial charge in [0.2, 0.25) is 0 Å². The van der Waals surface area contributed by atoms with Crippen molar-refractivity contribution >= 4 is 0 Å². The van der Waals surface area contributed by atoms with E-state index in [2.05, 4.69) is 20.8 Å². The largest absolute Gasteiger partial charge is 0.372 e. The Balaban J connectivity index is 1.66. The highest BCUT2D eigenvalue weighted by atomic mass is 16.5. The van der Waals surface area contributed by atoms with Gasteiger partial charge >= 0.3 is 0 Å². The van der Waals surface area contributed by atoms with Gasteiger partial charge in [-0.25, -0.2) is 0 Å². The quantitative estimate of drug-likeness (QED) is 0.602. The van der Waals surface area contributed by atoms with E-state index in [-0.39, 0.29) is 5.60 Å². The lowest BCUT2D eigenvalue weighted by molar-refractivity contribution is -0.0619. The summed E-state index contributed by atoms with van der Waals surface area (Å²) in [4.78, 5) is 0. The second-order valence-electron chi connectivity index (χ2n) is 6.36. The van der Waals surface area contributed by atoms with Gasteiger partial charge in [0.1, 0.15) is 0 Å². The minimum atomic E-state index is 0.0693. The van der Waals surface area contributed by atoms with Crippen LogP contribution in [-0.4, -0.2) is 11.7 Å². The monoisotopic (exact) mass is 180 g/mol. The lowest BCUT2D eigenvalue weighted by atomic mass is 9.66. The molecule has 0 aromatic carbocycles. The van der Waals surface area contributed by atoms with Crippen LogP contribution in [0.3, 0.4) is 0 Å². The van der Waals surface area contributed by atoms with Gasteiger partial charge in [0, 0.05) is 5.41 Å². The normalized spacial score (nSPS) is 45.0. The molecule has 0 aromatic heterocycles. The molecule has 0 amide bonds. The Bertz CT molecular complexity index is 246. The second kappa shape index (κ2) is 1.98. The van der Waals surface area contributed by atoms with Crippen molar-refractivity contribution in [2.24, 2.45) is 10.8 Å². The first-order valence-electron chi connectivity index (χ1n) is 5.65. The van der Waals surface area contributed by atoms with Gasteiger partial charge in [-0.3, -0.25) is 0 Å². The zero-order valence-electron chi connectivity index (χ0n) is 9.02. The molecule has 1 nitrogen and oxygen atoms in total. The van der Waals surface area contributed by atoms with Gasteiger partial charge < -0.3 is 4.74 Å². The number of hydrogen-bond acceptors (Lipinski definition) is 1. The zero-order chi connectivity index (χ0) is 9.32. The van der Waals surface area contributed by atoms with Crippen LogP contribution in [-0.2, 0) is 4.74 Å². The fourth-order valence-corrected chi connectivity index (χ4v) is 3.37. The molecule has 0 heterocycles. The summed E-state index contributed by atoms with van der Waals surface area (Å²) >= 11 is 0. The summed E-state index contributed by atoms with van der Waals surface area (Å²) in [5, 5.41) is 0. The Labute approximate surface area is 80.8 Å². The average molecular weight is 180 g/mol. The van der Waals surface area contributed by atoms with Crippen molar-refractivity contribution in [3.63, 3.8) is 0 Å². The maximum atomic E-state index is 6.08. The molecule has 0 bridgehead atoms. The lowest BCUT2D eigenvalue weighted by Gasteiger charge is -2.40. The molecule has 13 heavy (non-hydrogen) atoms. The summed E-state index contributed by atoms with van der Waals surface area (Å²) in [6.07, 6.45) is 7.92. The minimum absolute atomic E-state index is 0.0693. The first-order valence-corrected chi connectivity index (χ1v) is 5.65. The summed E-state index contributed by atoms with van der Waals surface area (Å²) in [5.41, 5.74) is 1.54. The van der Waals surface area contributed by atoms with Crippen LogP contribution in [0.4, 0.5) is 0 Å². The van der Waals surface area contributed by atoms with Gasteiger partial charge in [0.15, 0.2) is 0 Å². The maximum Gasteiger partial charge on any atom is 0.0651 e. The first-order chi connectivity index (χ1) is 5.98. The van der Waals surface area contributed by atoms with Crippen molar-refractivity contribution < 1.29 is 4.74 Å². The fraction of sp³-hybridized carbons (Fsp3) is 1.00.